The van der Waals surface area contributed by atoms with Gasteiger partial charge in [-0.1, -0.05) is 12.1 Å². The van der Waals surface area contributed by atoms with Crippen LogP contribution in [0.4, 0.5) is 17.3 Å². The van der Waals surface area contributed by atoms with Crippen LogP contribution in [0.25, 0.3) is 0 Å². The minimum atomic E-state index is -3.70. The molecule has 0 aliphatic carbocycles. The third kappa shape index (κ3) is 4.95. The Labute approximate surface area is 158 Å². The van der Waals surface area contributed by atoms with Gasteiger partial charge in [0, 0.05) is 5.69 Å². The zero-order chi connectivity index (χ0) is 19.3. The second kappa shape index (κ2) is 8.05. The first-order valence-electron chi connectivity index (χ1n) is 8.39. The van der Waals surface area contributed by atoms with Crippen LogP contribution >= 0.6 is 0 Å². The van der Waals surface area contributed by atoms with Crippen molar-refractivity contribution in [1.29, 1.82) is 0 Å². The minimum Gasteiger partial charge on any atom is -0.494 e. The maximum absolute atomic E-state index is 12.4. The molecule has 2 N–H and O–H groups in total. The van der Waals surface area contributed by atoms with E-state index in [0.717, 1.165) is 17.0 Å². The lowest BCUT2D eigenvalue weighted by molar-refractivity contribution is 0.340. The Kier molecular flexibility index (Phi) is 5.56. The highest BCUT2D eigenvalue weighted by Gasteiger charge is 2.15. The summed E-state index contributed by atoms with van der Waals surface area (Å²) in [5, 5.41) is 11.0. The quantitative estimate of drug-likeness (QED) is 0.645. The molecule has 8 heteroatoms. The Morgan fingerprint density at radius 3 is 2.30 bits per heavy atom. The van der Waals surface area contributed by atoms with Gasteiger partial charge in [0.1, 0.15) is 5.75 Å². The van der Waals surface area contributed by atoms with E-state index in [2.05, 4.69) is 20.2 Å². The highest BCUT2D eigenvalue weighted by molar-refractivity contribution is 7.92. The SMILES string of the molecule is CCOc1ccc(Nc2ccc(NS(=O)(=O)c3cccc(C)c3)nn2)cc1. The zero-order valence-corrected chi connectivity index (χ0v) is 15.8. The Hall–Kier alpha value is -3.13. The zero-order valence-electron chi connectivity index (χ0n) is 15.0. The number of hydrogen-bond donors (Lipinski definition) is 2. The predicted molar refractivity (Wildman–Crippen MR) is 105 cm³/mol. The summed E-state index contributed by atoms with van der Waals surface area (Å²) in [7, 11) is -3.70. The van der Waals surface area contributed by atoms with Crippen LogP contribution in [0.2, 0.25) is 0 Å². The van der Waals surface area contributed by atoms with Gasteiger partial charge in [-0.05, 0) is 67.9 Å². The molecule has 3 aromatic rings. The second-order valence-electron chi connectivity index (χ2n) is 5.81. The number of rotatable bonds is 7. The van der Waals surface area contributed by atoms with Crippen LogP contribution in [-0.4, -0.2) is 25.2 Å². The number of hydrogen-bond acceptors (Lipinski definition) is 6. The number of benzene rings is 2. The molecule has 27 heavy (non-hydrogen) atoms. The van der Waals surface area contributed by atoms with Crippen LogP contribution < -0.4 is 14.8 Å². The van der Waals surface area contributed by atoms with E-state index in [-0.39, 0.29) is 10.7 Å². The lowest BCUT2D eigenvalue weighted by Crippen LogP contribution is -2.14. The lowest BCUT2D eigenvalue weighted by atomic mass is 10.2. The average Bonchev–Trinajstić information content (AvgIpc) is 2.65. The lowest BCUT2D eigenvalue weighted by Gasteiger charge is -2.09. The maximum Gasteiger partial charge on any atom is 0.263 e. The van der Waals surface area contributed by atoms with E-state index < -0.39 is 10.0 Å². The summed E-state index contributed by atoms with van der Waals surface area (Å²) in [5.41, 5.74) is 1.68. The summed E-state index contributed by atoms with van der Waals surface area (Å²) in [4.78, 5) is 0.181. The van der Waals surface area contributed by atoms with Crippen LogP contribution in [-0.2, 0) is 10.0 Å². The van der Waals surface area contributed by atoms with Gasteiger partial charge in [0.25, 0.3) is 10.0 Å². The van der Waals surface area contributed by atoms with Crippen molar-refractivity contribution in [3.8, 4) is 5.75 Å². The van der Waals surface area contributed by atoms with Crippen molar-refractivity contribution in [2.75, 3.05) is 16.6 Å². The molecule has 0 amide bonds. The number of ether oxygens (including phenoxy) is 1. The van der Waals surface area contributed by atoms with Crippen LogP contribution in [0, 0.1) is 6.92 Å². The van der Waals surface area contributed by atoms with E-state index in [1.807, 2.05) is 44.2 Å². The molecule has 7 nitrogen and oxygen atoms in total. The molecule has 2 aromatic carbocycles. The van der Waals surface area contributed by atoms with E-state index in [1.165, 1.54) is 6.07 Å². The van der Waals surface area contributed by atoms with E-state index >= 15 is 0 Å². The fraction of sp³-hybridized carbons (Fsp3) is 0.158. The number of aryl methyl sites for hydroxylation is 1. The molecule has 3 rings (SSSR count). The Morgan fingerprint density at radius 1 is 0.963 bits per heavy atom. The van der Waals surface area contributed by atoms with Crippen LogP contribution in [0.3, 0.4) is 0 Å². The standard InChI is InChI=1S/C19H20N4O3S/c1-3-26-16-9-7-15(8-10-16)20-18-11-12-19(22-21-18)23-27(24,25)17-6-4-5-14(2)13-17/h4-13H,3H2,1-2H3,(H,20,21)(H,22,23). The number of sulfonamides is 1. The van der Waals surface area contributed by atoms with Gasteiger partial charge >= 0.3 is 0 Å². The number of nitrogens with one attached hydrogen (secondary N) is 2. The minimum absolute atomic E-state index is 0.147. The molecule has 1 heterocycles. The molecular formula is C19H20N4O3S. The highest BCUT2D eigenvalue weighted by atomic mass is 32.2. The van der Waals surface area contributed by atoms with E-state index in [9.17, 15) is 8.42 Å². The highest BCUT2D eigenvalue weighted by Crippen LogP contribution is 2.20. The van der Waals surface area contributed by atoms with Crippen LogP contribution in [0.5, 0.6) is 5.75 Å². The first kappa shape index (κ1) is 18.7. The van der Waals surface area contributed by atoms with E-state index in [1.54, 1.807) is 24.3 Å². The number of nitrogens with zero attached hydrogens (tertiary/aromatic N) is 2. The Bertz CT molecular complexity index is 1000. The molecular weight excluding hydrogens is 364 g/mol. The van der Waals surface area contributed by atoms with Crippen molar-refractivity contribution >= 4 is 27.3 Å². The largest absolute Gasteiger partial charge is 0.494 e. The van der Waals surface area contributed by atoms with Crippen molar-refractivity contribution in [3.05, 3.63) is 66.2 Å². The molecule has 1 aromatic heterocycles. The molecule has 0 saturated heterocycles. The summed E-state index contributed by atoms with van der Waals surface area (Å²) in [6.07, 6.45) is 0. The molecule has 0 aliphatic heterocycles. The first-order chi connectivity index (χ1) is 13.0. The van der Waals surface area contributed by atoms with E-state index in [0.29, 0.717) is 12.4 Å². The van der Waals surface area contributed by atoms with Crippen molar-refractivity contribution in [1.82, 2.24) is 10.2 Å². The molecule has 0 aliphatic rings. The first-order valence-corrected chi connectivity index (χ1v) is 9.88. The summed E-state index contributed by atoms with van der Waals surface area (Å²) in [6.45, 7) is 4.37. The molecule has 0 bridgehead atoms. The fourth-order valence-corrected chi connectivity index (χ4v) is 3.48. The van der Waals surface area contributed by atoms with Gasteiger partial charge in [-0.25, -0.2) is 8.42 Å². The fourth-order valence-electron chi connectivity index (χ4n) is 2.38. The summed E-state index contributed by atoms with van der Waals surface area (Å²) in [6, 6.07) is 17.3. The van der Waals surface area contributed by atoms with Crippen LogP contribution in [0.1, 0.15) is 12.5 Å². The van der Waals surface area contributed by atoms with Gasteiger partial charge in [-0.2, -0.15) is 0 Å². The van der Waals surface area contributed by atoms with Gasteiger partial charge in [-0.3, -0.25) is 4.72 Å². The normalized spacial score (nSPS) is 11.0. The van der Waals surface area contributed by atoms with Crippen molar-refractivity contribution in [2.24, 2.45) is 0 Å². The molecule has 0 unspecified atom stereocenters. The second-order valence-corrected chi connectivity index (χ2v) is 7.49. The molecule has 0 radical (unpaired) electrons. The third-order valence-electron chi connectivity index (χ3n) is 3.64. The van der Waals surface area contributed by atoms with Gasteiger partial charge in [0.05, 0.1) is 11.5 Å². The number of aromatic nitrogens is 2. The molecule has 140 valence electrons. The topological polar surface area (TPSA) is 93.2 Å². The summed E-state index contributed by atoms with van der Waals surface area (Å²) in [5.74, 6) is 1.43. The Balaban J connectivity index is 1.68. The van der Waals surface area contributed by atoms with Crippen molar-refractivity contribution in [3.63, 3.8) is 0 Å². The molecule has 0 saturated carbocycles. The van der Waals surface area contributed by atoms with Gasteiger partial charge in [0.15, 0.2) is 11.6 Å². The maximum atomic E-state index is 12.4. The summed E-state index contributed by atoms with van der Waals surface area (Å²) >= 11 is 0. The smallest absolute Gasteiger partial charge is 0.263 e. The monoisotopic (exact) mass is 384 g/mol. The van der Waals surface area contributed by atoms with Crippen LogP contribution in [0.15, 0.2) is 65.6 Å². The van der Waals surface area contributed by atoms with E-state index in [4.69, 9.17) is 4.74 Å². The summed E-state index contributed by atoms with van der Waals surface area (Å²) < 4.78 is 32.6. The van der Waals surface area contributed by atoms with Gasteiger partial charge in [0.2, 0.25) is 0 Å². The van der Waals surface area contributed by atoms with Gasteiger partial charge < -0.3 is 10.1 Å². The average molecular weight is 384 g/mol. The predicted octanol–water partition coefficient (Wildman–Crippen LogP) is 3.73. The van der Waals surface area contributed by atoms with Crippen molar-refractivity contribution in [2.45, 2.75) is 18.7 Å². The third-order valence-corrected chi connectivity index (χ3v) is 4.99. The Morgan fingerprint density at radius 2 is 1.67 bits per heavy atom. The molecule has 0 fully saturated rings. The van der Waals surface area contributed by atoms with Crippen molar-refractivity contribution < 1.29 is 13.2 Å². The molecule has 0 atom stereocenters. The van der Waals surface area contributed by atoms with Gasteiger partial charge in [-0.15, -0.1) is 10.2 Å². The molecule has 0 spiro atoms. The number of anilines is 3.